The Kier molecular flexibility index (Phi) is 5.17. The van der Waals surface area contributed by atoms with E-state index < -0.39 is 11.7 Å². The molecule has 0 aliphatic rings. The fourth-order valence-electron chi connectivity index (χ4n) is 2.92. The molecule has 4 aromatic rings. The van der Waals surface area contributed by atoms with Crippen LogP contribution in [0.1, 0.15) is 15.9 Å². The van der Waals surface area contributed by atoms with Crippen LogP contribution >= 0.6 is 0 Å². The van der Waals surface area contributed by atoms with Gasteiger partial charge in [-0.2, -0.15) is 0 Å². The van der Waals surface area contributed by atoms with Gasteiger partial charge in [0.05, 0.1) is 0 Å². The highest BCUT2D eigenvalue weighted by Crippen LogP contribution is 2.27. The Labute approximate surface area is 170 Å². The molecule has 1 amide bonds. The van der Waals surface area contributed by atoms with Crippen molar-refractivity contribution in [3.05, 3.63) is 90.0 Å². The molecule has 0 spiro atoms. The SMILES string of the molecule is Cc1cc(F)ccc1-c1ccc(C(=O)NNc2ccc(-n3ccnc3)nn2)cc1F. The number of halogens is 2. The van der Waals surface area contributed by atoms with Crippen LogP contribution in [0.25, 0.3) is 16.9 Å². The zero-order chi connectivity index (χ0) is 21.1. The van der Waals surface area contributed by atoms with Gasteiger partial charge in [-0.15, -0.1) is 10.2 Å². The Balaban J connectivity index is 1.44. The van der Waals surface area contributed by atoms with Crippen molar-refractivity contribution in [3.63, 3.8) is 0 Å². The molecule has 0 saturated carbocycles. The Morgan fingerprint density at radius 2 is 1.83 bits per heavy atom. The monoisotopic (exact) mass is 406 g/mol. The molecule has 0 saturated heterocycles. The average molecular weight is 406 g/mol. The topological polar surface area (TPSA) is 84.7 Å². The van der Waals surface area contributed by atoms with Crippen molar-refractivity contribution in [1.29, 1.82) is 0 Å². The zero-order valence-corrected chi connectivity index (χ0v) is 15.8. The molecule has 2 aromatic heterocycles. The molecule has 2 heterocycles. The lowest BCUT2D eigenvalue weighted by atomic mass is 9.98. The number of anilines is 1. The summed E-state index contributed by atoms with van der Waals surface area (Å²) in [4.78, 5) is 16.3. The average Bonchev–Trinajstić information content (AvgIpc) is 3.28. The predicted octanol–water partition coefficient (Wildman–Crippen LogP) is 3.67. The fourth-order valence-corrected chi connectivity index (χ4v) is 2.92. The van der Waals surface area contributed by atoms with Gasteiger partial charge in [0.2, 0.25) is 0 Å². The first-order chi connectivity index (χ1) is 14.5. The summed E-state index contributed by atoms with van der Waals surface area (Å²) in [5.74, 6) is -0.636. The van der Waals surface area contributed by atoms with Gasteiger partial charge in [-0.3, -0.25) is 20.2 Å². The largest absolute Gasteiger partial charge is 0.289 e. The van der Waals surface area contributed by atoms with E-state index in [1.165, 1.54) is 30.3 Å². The van der Waals surface area contributed by atoms with E-state index in [1.807, 2.05) is 0 Å². The molecular weight excluding hydrogens is 390 g/mol. The maximum Gasteiger partial charge on any atom is 0.269 e. The number of carbonyl (C=O) groups excluding carboxylic acids is 1. The molecule has 0 aliphatic heterocycles. The van der Waals surface area contributed by atoms with Crippen LogP contribution in [-0.2, 0) is 0 Å². The van der Waals surface area contributed by atoms with Gasteiger partial charge in [-0.05, 0) is 54.4 Å². The Morgan fingerprint density at radius 1 is 1.00 bits per heavy atom. The summed E-state index contributed by atoms with van der Waals surface area (Å²) in [7, 11) is 0. The van der Waals surface area contributed by atoms with Crippen molar-refractivity contribution in [2.24, 2.45) is 0 Å². The minimum Gasteiger partial charge on any atom is -0.289 e. The minimum atomic E-state index is -0.582. The minimum absolute atomic E-state index is 0.117. The van der Waals surface area contributed by atoms with E-state index in [2.05, 4.69) is 26.0 Å². The zero-order valence-electron chi connectivity index (χ0n) is 15.8. The fraction of sp³-hybridized carbons (Fsp3) is 0.0476. The van der Waals surface area contributed by atoms with E-state index in [1.54, 1.807) is 42.3 Å². The number of nitrogens with zero attached hydrogens (tertiary/aromatic N) is 4. The standard InChI is InChI=1S/C21H16F2N6O/c1-13-10-15(22)3-5-16(13)17-4-2-14(11-18(17)23)21(30)28-26-19-6-7-20(27-25-19)29-9-8-24-12-29/h2-12H,1H3,(H,25,26)(H,28,30). The van der Waals surface area contributed by atoms with Crippen LogP contribution in [0.15, 0.2) is 67.3 Å². The number of nitrogens with one attached hydrogen (secondary N) is 2. The first-order valence-electron chi connectivity index (χ1n) is 8.96. The van der Waals surface area contributed by atoms with E-state index in [0.717, 1.165) is 6.07 Å². The maximum absolute atomic E-state index is 14.6. The number of aromatic nitrogens is 4. The van der Waals surface area contributed by atoms with Gasteiger partial charge < -0.3 is 0 Å². The van der Waals surface area contributed by atoms with Gasteiger partial charge in [0, 0.05) is 23.5 Å². The van der Waals surface area contributed by atoms with Crippen LogP contribution in [0, 0.1) is 18.6 Å². The number of imidazole rings is 1. The first-order valence-corrected chi connectivity index (χ1v) is 8.96. The van der Waals surface area contributed by atoms with E-state index in [-0.39, 0.29) is 16.9 Å². The molecule has 2 aromatic carbocycles. The Hall–Kier alpha value is -4.14. The normalized spacial score (nSPS) is 10.6. The summed E-state index contributed by atoms with van der Waals surface area (Å²) >= 11 is 0. The molecular formula is C21H16F2N6O. The number of hydrogen-bond acceptors (Lipinski definition) is 5. The highest BCUT2D eigenvalue weighted by Gasteiger charge is 2.13. The summed E-state index contributed by atoms with van der Waals surface area (Å²) in [6, 6.07) is 11.5. The molecule has 0 bridgehead atoms. The molecule has 0 unspecified atom stereocenters. The summed E-state index contributed by atoms with van der Waals surface area (Å²) < 4.78 is 29.6. The van der Waals surface area contributed by atoms with E-state index in [0.29, 0.717) is 22.8 Å². The second kappa shape index (κ2) is 8.08. The molecule has 0 atom stereocenters. The molecule has 0 aliphatic carbocycles. The van der Waals surface area contributed by atoms with Crippen molar-refractivity contribution >= 4 is 11.7 Å². The highest BCUT2D eigenvalue weighted by molar-refractivity contribution is 5.95. The van der Waals surface area contributed by atoms with Crippen molar-refractivity contribution < 1.29 is 13.6 Å². The van der Waals surface area contributed by atoms with Gasteiger partial charge in [0.1, 0.15) is 18.0 Å². The summed E-state index contributed by atoms with van der Waals surface area (Å²) in [6.45, 7) is 1.70. The number of hydrazine groups is 1. The maximum atomic E-state index is 14.6. The van der Waals surface area contributed by atoms with Crippen molar-refractivity contribution in [1.82, 2.24) is 25.2 Å². The van der Waals surface area contributed by atoms with Crippen LogP contribution in [0.2, 0.25) is 0 Å². The van der Waals surface area contributed by atoms with Crippen LogP contribution in [-0.4, -0.2) is 25.7 Å². The second-order valence-electron chi connectivity index (χ2n) is 6.48. The molecule has 7 nitrogen and oxygen atoms in total. The third kappa shape index (κ3) is 4.00. The summed E-state index contributed by atoms with van der Waals surface area (Å²) in [5.41, 5.74) is 6.65. The third-order valence-corrected chi connectivity index (χ3v) is 4.43. The Morgan fingerprint density at radius 3 is 2.50 bits per heavy atom. The predicted molar refractivity (Wildman–Crippen MR) is 107 cm³/mol. The number of benzene rings is 2. The molecule has 150 valence electrons. The lowest BCUT2D eigenvalue weighted by molar-refractivity contribution is 0.0962. The van der Waals surface area contributed by atoms with E-state index in [4.69, 9.17) is 0 Å². The number of amides is 1. The highest BCUT2D eigenvalue weighted by atomic mass is 19.1. The third-order valence-electron chi connectivity index (χ3n) is 4.43. The van der Waals surface area contributed by atoms with Crippen molar-refractivity contribution in [3.8, 4) is 16.9 Å². The van der Waals surface area contributed by atoms with Crippen molar-refractivity contribution in [2.75, 3.05) is 5.43 Å². The summed E-state index contributed by atoms with van der Waals surface area (Å²) in [5, 5.41) is 7.98. The van der Waals surface area contributed by atoms with E-state index >= 15 is 0 Å². The van der Waals surface area contributed by atoms with Gasteiger partial charge in [-0.1, -0.05) is 12.1 Å². The smallest absolute Gasteiger partial charge is 0.269 e. The van der Waals surface area contributed by atoms with Crippen molar-refractivity contribution in [2.45, 2.75) is 6.92 Å². The second-order valence-corrected chi connectivity index (χ2v) is 6.48. The number of carbonyl (C=O) groups is 1. The molecule has 9 heteroatoms. The van der Waals surface area contributed by atoms with Crippen LogP contribution < -0.4 is 10.9 Å². The van der Waals surface area contributed by atoms with Gasteiger partial charge >= 0.3 is 0 Å². The molecule has 30 heavy (non-hydrogen) atoms. The molecule has 4 rings (SSSR count). The van der Waals surface area contributed by atoms with Gasteiger partial charge in [0.25, 0.3) is 5.91 Å². The van der Waals surface area contributed by atoms with Crippen LogP contribution in [0.3, 0.4) is 0 Å². The van der Waals surface area contributed by atoms with Crippen LogP contribution in [0.5, 0.6) is 0 Å². The molecule has 0 fully saturated rings. The van der Waals surface area contributed by atoms with Crippen LogP contribution in [0.4, 0.5) is 14.6 Å². The number of hydrogen-bond donors (Lipinski definition) is 2. The lowest BCUT2D eigenvalue weighted by Crippen LogP contribution is -2.30. The Bertz CT molecular complexity index is 1190. The quantitative estimate of drug-likeness (QED) is 0.494. The lowest BCUT2D eigenvalue weighted by Gasteiger charge is -2.11. The van der Waals surface area contributed by atoms with E-state index in [9.17, 15) is 13.6 Å². The molecule has 2 N–H and O–H groups in total. The number of rotatable bonds is 5. The summed E-state index contributed by atoms with van der Waals surface area (Å²) in [6.07, 6.45) is 4.94. The molecule has 0 radical (unpaired) electrons. The van der Waals surface area contributed by atoms with Gasteiger partial charge in [0.15, 0.2) is 11.6 Å². The van der Waals surface area contributed by atoms with Gasteiger partial charge in [-0.25, -0.2) is 13.8 Å². The first kappa shape index (κ1) is 19.2. The number of aryl methyl sites for hydroxylation is 1.